The molecule has 0 atom stereocenters. The van der Waals surface area contributed by atoms with Gasteiger partial charge in [0, 0.05) is 22.9 Å². The first-order valence-corrected chi connectivity index (χ1v) is 9.65. The summed E-state index contributed by atoms with van der Waals surface area (Å²) in [4.78, 5) is 24.6. The Hall–Kier alpha value is -1.06. The van der Waals surface area contributed by atoms with Crippen molar-refractivity contribution in [1.82, 2.24) is 0 Å². The molecule has 0 aliphatic heterocycles. The molecule has 1 aromatic carbocycles. The summed E-state index contributed by atoms with van der Waals surface area (Å²) in [5.41, 5.74) is 0.515. The number of Topliss-reactive ketones (excluding diaryl/α,β-unsaturated/α-hetero) is 1. The SMILES string of the molecule is CCC1CCC(CC(=O)Cc2ccc(Cl)cc2Cl)(CC(=O)OC)CC1. The number of methoxy groups -OCH3 is 1. The van der Waals surface area contributed by atoms with Crippen LogP contribution in [0, 0.1) is 11.3 Å². The smallest absolute Gasteiger partial charge is 0.306 e. The Morgan fingerprint density at radius 1 is 1.20 bits per heavy atom. The van der Waals surface area contributed by atoms with E-state index in [0.717, 1.165) is 37.7 Å². The van der Waals surface area contributed by atoms with Gasteiger partial charge in [0.25, 0.3) is 0 Å². The molecule has 1 saturated carbocycles. The van der Waals surface area contributed by atoms with Crippen LogP contribution in [0.5, 0.6) is 0 Å². The van der Waals surface area contributed by atoms with Gasteiger partial charge in [-0.1, -0.05) is 42.6 Å². The van der Waals surface area contributed by atoms with Crippen molar-refractivity contribution in [3.05, 3.63) is 33.8 Å². The van der Waals surface area contributed by atoms with Gasteiger partial charge in [0.05, 0.1) is 13.5 Å². The highest BCUT2D eigenvalue weighted by Crippen LogP contribution is 2.45. The standard InChI is InChI=1S/C20H26Cl2O3/c1-3-14-6-8-20(9-7-14,13-19(24)25-2)12-17(23)10-15-4-5-16(21)11-18(15)22/h4-5,11,14H,3,6-10,12-13H2,1-2H3. The Morgan fingerprint density at radius 2 is 1.88 bits per heavy atom. The third-order valence-corrected chi connectivity index (χ3v) is 6.05. The number of rotatable bonds is 7. The van der Waals surface area contributed by atoms with E-state index >= 15 is 0 Å². The molecule has 1 fully saturated rings. The van der Waals surface area contributed by atoms with E-state index in [1.165, 1.54) is 7.11 Å². The second-order valence-electron chi connectivity index (χ2n) is 7.23. The van der Waals surface area contributed by atoms with E-state index in [4.69, 9.17) is 27.9 Å². The van der Waals surface area contributed by atoms with Crippen LogP contribution in [0.15, 0.2) is 18.2 Å². The molecule has 0 radical (unpaired) electrons. The maximum atomic E-state index is 12.7. The minimum Gasteiger partial charge on any atom is -0.469 e. The summed E-state index contributed by atoms with van der Waals surface area (Å²) in [6, 6.07) is 5.19. The average Bonchev–Trinajstić information content (AvgIpc) is 2.58. The molecule has 0 aromatic heterocycles. The van der Waals surface area contributed by atoms with Crippen molar-refractivity contribution < 1.29 is 14.3 Å². The Balaban J connectivity index is 2.07. The number of ether oxygens (including phenoxy) is 1. The fourth-order valence-electron chi connectivity index (χ4n) is 3.85. The van der Waals surface area contributed by atoms with Crippen LogP contribution in [0.2, 0.25) is 10.0 Å². The van der Waals surface area contributed by atoms with Crippen LogP contribution in [-0.2, 0) is 20.7 Å². The van der Waals surface area contributed by atoms with Gasteiger partial charge >= 0.3 is 5.97 Å². The Morgan fingerprint density at radius 3 is 2.44 bits per heavy atom. The molecule has 1 aromatic rings. The summed E-state index contributed by atoms with van der Waals surface area (Å²) < 4.78 is 4.88. The fraction of sp³-hybridized carbons (Fsp3) is 0.600. The highest BCUT2D eigenvalue weighted by atomic mass is 35.5. The molecule has 0 N–H and O–H groups in total. The summed E-state index contributed by atoms with van der Waals surface area (Å²) in [7, 11) is 1.41. The number of carbonyl (C=O) groups is 2. The van der Waals surface area contributed by atoms with E-state index in [1.807, 2.05) is 0 Å². The molecule has 138 valence electrons. The quantitative estimate of drug-likeness (QED) is 0.570. The average molecular weight is 385 g/mol. The molecule has 3 nitrogen and oxygen atoms in total. The fourth-order valence-corrected chi connectivity index (χ4v) is 4.33. The van der Waals surface area contributed by atoms with Gasteiger partial charge < -0.3 is 4.74 Å². The molecule has 0 heterocycles. The van der Waals surface area contributed by atoms with Crippen molar-refractivity contribution in [2.24, 2.45) is 11.3 Å². The van der Waals surface area contributed by atoms with Gasteiger partial charge in [-0.3, -0.25) is 9.59 Å². The lowest BCUT2D eigenvalue weighted by Crippen LogP contribution is -2.33. The Labute approximate surface area is 160 Å². The third kappa shape index (κ3) is 5.72. The summed E-state index contributed by atoms with van der Waals surface area (Å²) >= 11 is 12.1. The molecule has 0 bridgehead atoms. The minimum absolute atomic E-state index is 0.114. The second-order valence-corrected chi connectivity index (χ2v) is 8.08. The topological polar surface area (TPSA) is 43.4 Å². The number of benzene rings is 1. The van der Waals surface area contributed by atoms with Gasteiger partial charge in [0.1, 0.15) is 5.78 Å². The molecule has 1 aliphatic rings. The highest BCUT2D eigenvalue weighted by Gasteiger charge is 2.38. The van der Waals surface area contributed by atoms with E-state index in [1.54, 1.807) is 18.2 Å². The molecule has 0 amide bonds. The summed E-state index contributed by atoms with van der Waals surface area (Å²) in [6.45, 7) is 2.20. The van der Waals surface area contributed by atoms with Gasteiger partial charge in [-0.05, 0) is 54.7 Å². The van der Waals surface area contributed by atoms with Gasteiger partial charge in [-0.25, -0.2) is 0 Å². The largest absolute Gasteiger partial charge is 0.469 e. The summed E-state index contributed by atoms with van der Waals surface area (Å²) in [6.07, 6.45) is 6.10. The number of hydrogen-bond donors (Lipinski definition) is 0. The highest BCUT2D eigenvalue weighted by molar-refractivity contribution is 6.35. The van der Waals surface area contributed by atoms with Gasteiger partial charge in [-0.15, -0.1) is 0 Å². The molecule has 2 rings (SSSR count). The molecule has 1 aliphatic carbocycles. The van der Waals surface area contributed by atoms with Gasteiger partial charge in [0.2, 0.25) is 0 Å². The van der Waals surface area contributed by atoms with E-state index in [9.17, 15) is 9.59 Å². The van der Waals surface area contributed by atoms with Gasteiger partial charge in [-0.2, -0.15) is 0 Å². The molecule has 5 heteroatoms. The van der Waals surface area contributed by atoms with Crippen molar-refractivity contribution in [1.29, 1.82) is 0 Å². The molecule has 0 saturated heterocycles. The lowest BCUT2D eigenvalue weighted by Gasteiger charge is -2.39. The molecule has 25 heavy (non-hydrogen) atoms. The Kier molecular flexibility index (Phi) is 7.33. The first-order chi connectivity index (χ1) is 11.9. The molecule has 0 unspecified atom stereocenters. The predicted molar refractivity (Wildman–Crippen MR) is 101 cm³/mol. The summed E-state index contributed by atoms with van der Waals surface area (Å²) in [5.74, 6) is 0.585. The number of carbonyl (C=O) groups excluding carboxylic acids is 2. The summed E-state index contributed by atoms with van der Waals surface area (Å²) in [5, 5.41) is 1.07. The minimum atomic E-state index is -0.269. The lowest BCUT2D eigenvalue weighted by atomic mass is 9.65. The Bertz CT molecular complexity index is 619. The number of ketones is 1. The zero-order chi connectivity index (χ0) is 18.4. The van der Waals surface area contributed by atoms with E-state index in [2.05, 4.69) is 6.92 Å². The third-order valence-electron chi connectivity index (χ3n) is 5.47. The van der Waals surface area contributed by atoms with Crippen LogP contribution >= 0.6 is 23.2 Å². The van der Waals surface area contributed by atoms with Crippen LogP contribution in [0.3, 0.4) is 0 Å². The lowest BCUT2D eigenvalue weighted by molar-refractivity contribution is -0.144. The van der Waals surface area contributed by atoms with E-state index in [-0.39, 0.29) is 23.6 Å². The van der Waals surface area contributed by atoms with Crippen LogP contribution < -0.4 is 0 Å². The molecular weight excluding hydrogens is 359 g/mol. The van der Waals surface area contributed by atoms with Crippen LogP contribution in [-0.4, -0.2) is 18.9 Å². The molecule has 0 spiro atoms. The van der Waals surface area contributed by atoms with Crippen molar-refractivity contribution in [3.8, 4) is 0 Å². The zero-order valence-electron chi connectivity index (χ0n) is 14.9. The van der Waals surface area contributed by atoms with E-state index < -0.39 is 0 Å². The maximum absolute atomic E-state index is 12.7. The van der Waals surface area contributed by atoms with Crippen molar-refractivity contribution in [2.75, 3.05) is 7.11 Å². The maximum Gasteiger partial charge on any atom is 0.306 e. The van der Waals surface area contributed by atoms with Crippen molar-refractivity contribution in [2.45, 2.75) is 58.3 Å². The van der Waals surface area contributed by atoms with Gasteiger partial charge in [0.15, 0.2) is 0 Å². The zero-order valence-corrected chi connectivity index (χ0v) is 16.5. The van der Waals surface area contributed by atoms with Crippen LogP contribution in [0.25, 0.3) is 0 Å². The normalized spacial score (nSPS) is 23.3. The second kappa shape index (κ2) is 9.05. The van der Waals surface area contributed by atoms with E-state index in [0.29, 0.717) is 28.8 Å². The van der Waals surface area contributed by atoms with Crippen LogP contribution in [0.4, 0.5) is 0 Å². The number of hydrogen-bond acceptors (Lipinski definition) is 3. The first-order valence-electron chi connectivity index (χ1n) is 8.90. The van der Waals surface area contributed by atoms with Crippen LogP contribution in [0.1, 0.15) is 57.4 Å². The van der Waals surface area contributed by atoms with Crippen molar-refractivity contribution >= 4 is 35.0 Å². The molecular formula is C20H26Cl2O3. The first kappa shape index (κ1) is 20.3. The van der Waals surface area contributed by atoms with Crippen molar-refractivity contribution in [3.63, 3.8) is 0 Å². The monoisotopic (exact) mass is 384 g/mol. The number of halogens is 2. The number of esters is 1. The predicted octanol–water partition coefficient (Wildman–Crippen LogP) is 5.64.